The van der Waals surface area contributed by atoms with Crippen LogP contribution in [0.15, 0.2) is 22.7 Å². The molecule has 2 aliphatic rings. The van der Waals surface area contributed by atoms with E-state index in [1.165, 1.54) is 43.9 Å². The number of nitrogens with zero attached hydrogens (tertiary/aromatic N) is 4. The van der Waals surface area contributed by atoms with Crippen LogP contribution >= 0.6 is 23.1 Å². The Kier molecular flexibility index (Phi) is 5.64. The normalized spacial score (nSPS) is 23.0. The van der Waals surface area contributed by atoms with Gasteiger partial charge in [0.1, 0.15) is 0 Å². The van der Waals surface area contributed by atoms with Crippen LogP contribution in [0.25, 0.3) is 10.7 Å². The topological polar surface area (TPSA) is 51.0 Å². The van der Waals surface area contributed by atoms with E-state index >= 15 is 0 Å². The van der Waals surface area contributed by atoms with Crippen molar-refractivity contribution in [2.45, 2.75) is 63.2 Å². The number of carbonyl (C=O) groups is 1. The molecule has 0 bridgehead atoms. The van der Waals surface area contributed by atoms with E-state index in [2.05, 4.69) is 38.0 Å². The maximum Gasteiger partial charge on any atom is 0.233 e. The number of likely N-dealkylation sites (tertiary alicyclic amines) is 1. The van der Waals surface area contributed by atoms with Gasteiger partial charge in [0.15, 0.2) is 11.0 Å². The molecule has 0 aromatic carbocycles. The molecule has 2 aromatic rings. The quantitative estimate of drug-likeness (QED) is 0.714. The second-order valence-corrected chi connectivity index (χ2v) is 9.05. The second kappa shape index (κ2) is 8.13. The number of aromatic nitrogens is 3. The van der Waals surface area contributed by atoms with Crippen LogP contribution in [0.2, 0.25) is 0 Å². The summed E-state index contributed by atoms with van der Waals surface area (Å²) in [6, 6.07) is 4.58. The molecule has 26 heavy (non-hydrogen) atoms. The molecule has 1 saturated carbocycles. The van der Waals surface area contributed by atoms with Crippen LogP contribution in [-0.4, -0.2) is 43.9 Å². The van der Waals surface area contributed by atoms with Crippen molar-refractivity contribution in [2.75, 3.05) is 12.3 Å². The first-order chi connectivity index (χ1) is 12.8. The maximum atomic E-state index is 12.9. The highest BCUT2D eigenvalue weighted by Crippen LogP contribution is 2.36. The molecule has 2 aromatic heterocycles. The fourth-order valence-corrected chi connectivity index (χ4v) is 6.02. The first-order valence-corrected chi connectivity index (χ1v) is 11.5. The van der Waals surface area contributed by atoms with Crippen molar-refractivity contribution in [2.24, 2.45) is 5.92 Å². The lowest BCUT2D eigenvalue weighted by Crippen LogP contribution is -2.50. The molecule has 3 heterocycles. The number of thiophene rings is 1. The smallest absolute Gasteiger partial charge is 0.233 e. The number of fused-ring (bicyclic) bond motifs is 1. The molecule has 0 unspecified atom stereocenters. The zero-order valence-electron chi connectivity index (χ0n) is 15.3. The molecule has 2 atom stereocenters. The molecular formula is C19H26N4OS2. The maximum absolute atomic E-state index is 12.9. The Morgan fingerprint density at radius 3 is 2.92 bits per heavy atom. The van der Waals surface area contributed by atoms with Gasteiger partial charge < -0.3 is 9.47 Å². The van der Waals surface area contributed by atoms with Gasteiger partial charge in [-0.1, -0.05) is 30.7 Å². The molecule has 0 radical (unpaired) electrons. The van der Waals surface area contributed by atoms with E-state index in [9.17, 15) is 4.79 Å². The Hall–Kier alpha value is -1.34. The lowest BCUT2D eigenvalue weighted by Gasteiger charge is -2.44. The standard InChI is InChI=1S/C19H26N4OS2/c1-2-22-18(16-10-6-12-25-16)20-21-19(22)26-13-17(24)23-11-5-8-14-7-3-4-9-15(14)23/h6,10,12,14-15H,2-5,7-9,11,13H2,1H3/t14-,15+/m0/s1. The first-order valence-electron chi connectivity index (χ1n) is 9.67. The van der Waals surface area contributed by atoms with Crippen LogP contribution in [0.5, 0.6) is 0 Å². The Bertz CT molecular complexity index is 741. The fourth-order valence-electron chi connectivity index (χ4n) is 4.41. The molecule has 2 fully saturated rings. The lowest BCUT2D eigenvalue weighted by molar-refractivity contribution is -0.134. The Morgan fingerprint density at radius 1 is 1.27 bits per heavy atom. The van der Waals surface area contributed by atoms with Crippen molar-refractivity contribution in [1.29, 1.82) is 0 Å². The van der Waals surface area contributed by atoms with Crippen LogP contribution in [-0.2, 0) is 11.3 Å². The Balaban J connectivity index is 1.43. The van der Waals surface area contributed by atoms with Gasteiger partial charge in [0.05, 0.1) is 10.6 Å². The molecule has 7 heteroatoms. The minimum Gasteiger partial charge on any atom is -0.339 e. The van der Waals surface area contributed by atoms with E-state index in [4.69, 9.17) is 0 Å². The Labute approximate surface area is 163 Å². The molecule has 4 rings (SSSR count). The third-order valence-electron chi connectivity index (χ3n) is 5.66. The highest BCUT2D eigenvalue weighted by atomic mass is 32.2. The summed E-state index contributed by atoms with van der Waals surface area (Å²) in [6.07, 6.45) is 7.56. The minimum atomic E-state index is 0.273. The first kappa shape index (κ1) is 18.0. The van der Waals surface area contributed by atoms with E-state index in [0.717, 1.165) is 41.3 Å². The van der Waals surface area contributed by atoms with Gasteiger partial charge in [-0.2, -0.15) is 0 Å². The highest BCUT2D eigenvalue weighted by molar-refractivity contribution is 7.99. The molecular weight excluding hydrogens is 364 g/mol. The third kappa shape index (κ3) is 3.56. The molecule has 1 amide bonds. The number of carbonyl (C=O) groups excluding carboxylic acids is 1. The van der Waals surface area contributed by atoms with Crippen molar-refractivity contribution < 1.29 is 4.79 Å². The van der Waals surface area contributed by atoms with E-state index in [1.807, 2.05) is 6.07 Å². The summed E-state index contributed by atoms with van der Waals surface area (Å²) >= 11 is 3.20. The molecule has 140 valence electrons. The van der Waals surface area contributed by atoms with Crippen LogP contribution in [0, 0.1) is 5.92 Å². The van der Waals surface area contributed by atoms with Crippen LogP contribution < -0.4 is 0 Å². The van der Waals surface area contributed by atoms with Gasteiger partial charge in [-0.3, -0.25) is 4.79 Å². The van der Waals surface area contributed by atoms with Crippen molar-refractivity contribution >= 4 is 29.0 Å². The van der Waals surface area contributed by atoms with Crippen molar-refractivity contribution in [3.8, 4) is 10.7 Å². The average Bonchev–Trinajstić information content (AvgIpc) is 3.34. The minimum absolute atomic E-state index is 0.273. The van der Waals surface area contributed by atoms with Crippen molar-refractivity contribution in [3.05, 3.63) is 17.5 Å². The van der Waals surface area contributed by atoms with Crippen molar-refractivity contribution in [3.63, 3.8) is 0 Å². The third-order valence-corrected chi connectivity index (χ3v) is 7.48. The average molecular weight is 391 g/mol. The van der Waals surface area contributed by atoms with E-state index in [0.29, 0.717) is 11.8 Å². The fraction of sp³-hybridized carbons (Fsp3) is 0.632. The SMILES string of the molecule is CCn1c(SCC(=O)N2CCC[C@@H]3CCCC[C@H]32)nnc1-c1cccs1. The van der Waals surface area contributed by atoms with E-state index < -0.39 is 0 Å². The number of piperidine rings is 1. The molecule has 0 spiro atoms. The molecule has 1 saturated heterocycles. The molecule has 1 aliphatic carbocycles. The van der Waals surface area contributed by atoms with E-state index in [-0.39, 0.29) is 5.91 Å². The van der Waals surface area contributed by atoms with Gasteiger partial charge in [-0.25, -0.2) is 0 Å². The summed E-state index contributed by atoms with van der Waals surface area (Å²) in [5.41, 5.74) is 0. The summed E-state index contributed by atoms with van der Waals surface area (Å²) in [7, 11) is 0. The lowest BCUT2D eigenvalue weighted by atomic mass is 9.78. The monoisotopic (exact) mass is 390 g/mol. The number of hydrogen-bond donors (Lipinski definition) is 0. The highest BCUT2D eigenvalue weighted by Gasteiger charge is 2.35. The predicted molar refractivity (Wildman–Crippen MR) is 106 cm³/mol. The second-order valence-electron chi connectivity index (χ2n) is 7.16. The molecule has 0 N–H and O–H groups in total. The van der Waals surface area contributed by atoms with Gasteiger partial charge in [0, 0.05) is 19.1 Å². The van der Waals surface area contributed by atoms with E-state index in [1.54, 1.807) is 11.3 Å². The van der Waals surface area contributed by atoms with Gasteiger partial charge in [-0.05, 0) is 50.0 Å². The summed E-state index contributed by atoms with van der Waals surface area (Å²) in [5.74, 6) is 2.38. The summed E-state index contributed by atoms with van der Waals surface area (Å²) in [6.45, 7) is 3.84. The number of thioether (sulfide) groups is 1. The van der Waals surface area contributed by atoms with Gasteiger partial charge in [-0.15, -0.1) is 21.5 Å². The van der Waals surface area contributed by atoms with Gasteiger partial charge >= 0.3 is 0 Å². The molecule has 1 aliphatic heterocycles. The Morgan fingerprint density at radius 2 is 2.12 bits per heavy atom. The number of rotatable bonds is 5. The largest absolute Gasteiger partial charge is 0.339 e. The summed E-state index contributed by atoms with van der Waals surface area (Å²) in [4.78, 5) is 16.2. The summed E-state index contributed by atoms with van der Waals surface area (Å²) in [5, 5.41) is 11.6. The van der Waals surface area contributed by atoms with Gasteiger partial charge in [0.2, 0.25) is 5.91 Å². The van der Waals surface area contributed by atoms with Crippen molar-refractivity contribution in [1.82, 2.24) is 19.7 Å². The number of hydrogen-bond acceptors (Lipinski definition) is 5. The zero-order valence-corrected chi connectivity index (χ0v) is 16.9. The van der Waals surface area contributed by atoms with Gasteiger partial charge in [0.25, 0.3) is 0 Å². The van der Waals surface area contributed by atoms with Crippen LogP contribution in [0.1, 0.15) is 45.4 Å². The summed E-state index contributed by atoms with van der Waals surface area (Å²) < 4.78 is 2.11. The number of amides is 1. The van der Waals surface area contributed by atoms with Crippen LogP contribution in [0.4, 0.5) is 0 Å². The predicted octanol–water partition coefficient (Wildman–Crippen LogP) is 4.30. The van der Waals surface area contributed by atoms with Crippen LogP contribution in [0.3, 0.4) is 0 Å². The zero-order chi connectivity index (χ0) is 17.9. The molecule has 5 nitrogen and oxygen atoms in total.